The molecule has 2 rings (SSSR count). The van der Waals surface area contributed by atoms with Crippen molar-refractivity contribution in [3.8, 4) is 0 Å². The minimum atomic E-state index is -0.141. The van der Waals surface area contributed by atoms with Gasteiger partial charge in [0.25, 0.3) is 0 Å². The summed E-state index contributed by atoms with van der Waals surface area (Å²) < 4.78 is 19.0. The fraction of sp³-hybridized carbons (Fsp3) is 0.667. The fourth-order valence-electron chi connectivity index (χ4n) is 2.46. The predicted octanol–water partition coefficient (Wildman–Crippen LogP) is 3.80. The van der Waals surface area contributed by atoms with Crippen LogP contribution in [0, 0.1) is 17.7 Å². The van der Waals surface area contributed by atoms with Crippen LogP contribution in [0.2, 0.25) is 0 Å². The topological polar surface area (TPSA) is 21.3 Å². The summed E-state index contributed by atoms with van der Waals surface area (Å²) in [5.41, 5.74) is 1.08. The monoisotopic (exact) mass is 293 g/mol. The van der Waals surface area contributed by atoms with Gasteiger partial charge in [-0.1, -0.05) is 26.0 Å². The number of halogens is 1. The van der Waals surface area contributed by atoms with Crippen molar-refractivity contribution in [2.45, 2.75) is 45.6 Å². The van der Waals surface area contributed by atoms with Gasteiger partial charge in [-0.15, -0.1) is 0 Å². The first kappa shape index (κ1) is 16.4. The highest BCUT2D eigenvalue weighted by Crippen LogP contribution is 2.20. The molecule has 0 heterocycles. The van der Waals surface area contributed by atoms with Crippen molar-refractivity contribution in [3.63, 3.8) is 0 Å². The molecule has 0 radical (unpaired) electrons. The summed E-state index contributed by atoms with van der Waals surface area (Å²) in [7, 11) is 0. The van der Waals surface area contributed by atoms with E-state index in [9.17, 15) is 4.39 Å². The molecule has 1 aliphatic carbocycles. The molecule has 0 amide bonds. The van der Waals surface area contributed by atoms with E-state index < -0.39 is 0 Å². The molecule has 1 N–H and O–H groups in total. The fourth-order valence-corrected chi connectivity index (χ4v) is 2.46. The Morgan fingerprint density at radius 2 is 2.14 bits per heavy atom. The zero-order valence-corrected chi connectivity index (χ0v) is 13.3. The van der Waals surface area contributed by atoms with Crippen molar-refractivity contribution in [3.05, 3.63) is 35.6 Å². The van der Waals surface area contributed by atoms with Crippen molar-refractivity contribution in [1.29, 1.82) is 0 Å². The van der Waals surface area contributed by atoms with E-state index in [1.165, 1.54) is 18.9 Å². The Balaban J connectivity index is 1.78. The van der Waals surface area contributed by atoms with Crippen LogP contribution in [0.15, 0.2) is 24.3 Å². The molecular weight excluding hydrogens is 265 g/mol. The lowest BCUT2D eigenvalue weighted by molar-refractivity contribution is 0.0975. The highest BCUT2D eigenvalue weighted by atomic mass is 19.1. The lowest BCUT2D eigenvalue weighted by Gasteiger charge is -2.18. The van der Waals surface area contributed by atoms with E-state index in [0.29, 0.717) is 11.8 Å². The van der Waals surface area contributed by atoms with Gasteiger partial charge in [-0.25, -0.2) is 4.39 Å². The SMILES string of the molecule is CC(C)COCCC(CNC1CC1)Cc1cccc(F)c1. The lowest BCUT2D eigenvalue weighted by atomic mass is 9.96. The Kier molecular flexibility index (Phi) is 6.65. The molecule has 0 aromatic heterocycles. The number of hydrogen-bond acceptors (Lipinski definition) is 2. The third-order valence-electron chi connectivity index (χ3n) is 3.81. The number of hydrogen-bond donors (Lipinski definition) is 1. The van der Waals surface area contributed by atoms with Crippen LogP contribution in [-0.2, 0) is 11.2 Å². The average molecular weight is 293 g/mol. The van der Waals surface area contributed by atoms with Crippen molar-refractivity contribution in [2.24, 2.45) is 11.8 Å². The van der Waals surface area contributed by atoms with E-state index in [4.69, 9.17) is 4.74 Å². The molecule has 1 unspecified atom stereocenters. The van der Waals surface area contributed by atoms with Crippen LogP contribution < -0.4 is 5.32 Å². The molecule has 2 nitrogen and oxygen atoms in total. The van der Waals surface area contributed by atoms with Gasteiger partial charge in [-0.2, -0.15) is 0 Å². The molecule has 0 saturated heterocycles. The van der Waals surface area contributed by atoms with Gasteiger partial charge in [0, 0.05) is 19.3 Å². The molecular formula is C18H28FNO. The van der Waals surface area contributed by atoms with Gasteiger partial charge >= 0.3 is 0 Å². The van der Waals surface area contributed by atoms with Gasteiger partial charge in [0.15, 0.2) is 0 Å². The highest BCUT2D eigenvalue weighted by molar-refractivity contribution is 5.17. The maximum Gasteiger partial charge on any atom is 0.123 e. The van der Waals surface area contributed by atoms with E-state index in [1.54, 1.807) is 12.1 Å². The third kappa shape index (κ3) is 7.05. The van der Waals surface area contributed by atoms with Gasteiger partial charge in [0.1, 0.15) is 5.82 Å². The van der Waals surface area contributed by atoms with E-state index in [-0.39, 0.29) is 5.82 Å². The van der Waals surface area contributed by atoms with Crippen molar-refractivity contribution in [1.82, 2.24) is 5.32 Å². The van der Waals surface area contributed by atoms with Crippen LogP contribution >= 0.6 is 0 Å². The van der Waals surface area contributed by atoms with Gasteiger partial charge in [-0.3, -0.25) is 0 Å². The van der Waals surface area contributed by atoms with Crippen LogP contribution in [0.4, 0.5) is 4.39 Å². The summed E-state index contributed by atoms with van der Waals surface area (Å²) in [6.45, 7) is 6.96. The number of nitrogens with one attached hydrogen (secondary N) is 1. The predicted molar refractivity (Wildman–Crippen MR) is 84.9 cm³/mol. The summed E-state index contributed by atoms with van der Waals surface area (Å²) in [5.74, 6) is 0.952. The molecule has 1 aromatic rings. The second-order valence-corrected chi connectivity index (χ2v) is 6.64. The van der Waals surface area contributed by atoms with Crippen LogP contribution in [0.25, 0.3) is 0 Å². The van der Waals surface area contributed by atoms with E-state index in [1.807, 2.05) is 6.07 Å². The van der Waals surface area contributed by atoms with Crippen molar-refractivity contribution in [2.75, 3.05) is 19.8 Å². The minimum Gasteiger partial charge on any atom is -0.381 e. The number of benzene rings is 1. The van der Waals surface area contributed by atoms with E-state index in [2.05, 4.69) is 19.2 Å². The smallest absolute Gasteiger partial charge is 0.123 e. The normalized spacial score (nSPS) is 16.4. The first-order chi connectivity index (χ1) is 10.1. The molecule has 0 spiro atoms. The Bertz CT molecular complexity index is 417. The molecule has 1 fully saturated rings. The van der Waals surface area contributed by atoms with E-state index in [0.717, 1.165) is 44.2 Å². The van der Waals surface area contributed by atoms with Gasteiger partial charge < -0.3 is 10.1 Å². The highest BCUT2D eigenvalue weighted by Gasteiger charge is 2.22. The Hall–Kier alpha value is -0.930. The first-order valence-corrected chi connectivity index (χ1v) is 8.19. The maximum absolute atomic E-state index is 13.3. The third-order valence-corrected chi connectivity index (χ3v) is 3.81. The second kappa shape index (κ2) is 8.50. The molecule has 1 aliphatic rings. The average Bonchev–Trinajstić information content (AvgIpc) is 3.24. The van der Waals surface area contributed by atoms with Gasteiger partial charge in [-0.05, 0) is 61.8 Å². The maximum atomic E-state index is 13.3. The molecule has 118 valence electrons. The van der Waals surface area contributed by atoms with Gasteiger partial charge in [0.2, 0.25) is 0 Å². The summed E-state index contributed by atoms with van der Waals surface area (Å²) in [5, 5.41) is 3.59. The van der Waals surface area contributed by atoms with E-state index >= 15 is 0 Å². The molecule has 1 saturated carbocycles. The quantitative estimate of drug-likeness (QED) is 0.663. The first-order valence-electron chi connectivity index (χ1n) is 8.19. The molecule has 0 bridgehead atoms. The summed E-state index contributed by atoms with van der Waals surface area (Å²) in [4.78, 5) is 0. The van der Waals surface area contributed by atoms with Crippen LogP contribution in [-0.4, -0.2) is 25.8 Å². The van der Waals surface area contributed by atoms with Crippen LogP contribution in [0.1, 0.15) is 38.7 Å². The Morgan fingerprint density at radius 1 is 1.33 bits per heavy atom. The van der Waals surface area contributed by atoms with Crippen LogP contribution in [0.3, 0.4) is 0 Å². The molecule has 21 heavy (non-hydrogen) atoms. The largest absolute Gasteiger partial charge is 0.381 e. The number of rotatable bonds is 10. The lowest BCUT2D eigenvalue weighted by Crippen LogP contribution is -2.27. The molecule has 0 aliphatic heterocycles. The second-order valence-electron chi connectivity index (χ2n) is 6.64. The number of ether oxygens (including phenoxy) is 1. The minimum absolute atomic E-state index is 0.141. The Labute approximate surface area is 128 Å². The molecule has 1 atom stereocenters. The summed E-state index contributed by atoms with van der Waals surface area (Å²) in [6.07, 6.45) is 4.55. The molecule has 3 heteroatoms. The summed E-state index contributed by atoms with van der Waals surface area (Å²) in [6, 6.07) is 7.69. The van der Waals surface area contributed by atoms with Crippen molar-refractivity contribution < 1.29 is 9.13 Å². The summed E-state index contributed by atoms with van der Waals surface area (Å²) >= 11 is 0. The standard InChI is InChI=1S/C18H28FNO/c1-14(2)13-21-9-8-16(12-20-18-6-7-18)10-15-4-3-5-17(19)11-15/h3-5,11,14,16,18,20H,6-10,12-13H2,1-2H3. The van der Waals surface area contributed by atoms with Crippen molar-refractivity contribution >= 4 is 0 Å². The zero-order chi connectivity index (χ0) is 15.1. The van der Waals surface area contributed by atoms with Crippen LogP contribution in [0.5, 0.6) is 0 Å². The molecule has 1 aromatic carbocycles. The van der Waals surface area contributed by atoms with Gasteiger partial charge in [0.05, 0.1) is 0 Å². The Morgan fingerprint density at radius 3 is 2.81 bits per heavy atom. The zero-order valence-electron chi connectivity index (χ0n) is 13.3.